The van der Waals surface area contributed by atoms with Crippen molar-refractivity contribution in [2.45, 2.75) is 58.0 Å². The van der Waals surface area contributed by atoms with E-state index >= 15 is 0 Å². The summed E-state index contributed by atoms with van der Waals surface area (Å²) in [4.78, 5) is 15.7. The van der Waals surface area contributed by atoms with E-state index in [-0.39, 0.29) is 6.09 Å². The van der Waals surface area contributed by atoms with Gasteiger partial charge >= 0.3 is 6.09 Å². The van der Waals surface area contributed by atoms with Crippen molar-refractivity contribution in [3.8, 4) is 0 Å². The third kappa shape index (κ3) is 4.82. The van der Waals surface area contributed by atoms with Gasteiger partial charge in [-0.3, -0.25) is 4.90 Å². The first-order chi connectivity index (χ1) is 13.5. The Balaban J connectivity index is 1.11. The number of aliphatic hydroxyl groups is 1. The lowest BCUT2D eigenvalue weighted by Gasteiger charge is -2.57. The molecule has 1 atom stereocenters. The van der Waals surface area contributed by atoms with Crippen LogP contribution in [0.2, 0.25) is 0 Å². The summed E-state index contributed by atoms with van der Waals surface area (Å²) in [7, 11) is 0. The fraction of sp³-hybridized carbons (Fsp3) is 0.955. The van der Waals surface area contributed by atoms with Crippen LogP contribution >= 0.6 is 0 Å². The number of carbonyl (C=O) groups excluding carboxylic acids is 1. The smallest absolute Gasteiger partial charge is 0.409 e. The van der Waals surface area contributed by atoms with Crippen LogP contribution in [0.15, 0.2) is 0 Å². The van der Waals surface area contributed by atoms with Crippen LogP contribution < -0.4 is 0 Å². The van der Waals surface area contributed by atoms with Crippen molar-refractivity contribution >= 4 is 6.09 Å². The Morgan fingerprint density at radius 1 is 1.07 bits per heavy atom. The van der Waals surface area contributed by atoms with Crippen molar-refractivity contribution in [3.05, 3.63) is 0 Å². The molecule has 1 saturated heterocycles. The zero-order chi connectivity index (χ0) is 19.6. The number of hydrogen-bond acceptors (Lipinski definition) is 5. The number of ether oxygens (including phenoxy) is 2. The minimum atomic E-state index is -0.453. The van der Waals surface area contributed by atoms with E-state index in [9.17, 15) is 9.90 Å². The second-order valence-electron chi connectivity index (χ2n) is 9.88. The second kappa shape index (κ2) is 8.88. The van der Waals surface area contributed by atoms with Gasteiger partial charge in [-0.1, -0.05) is 0 Å². The maximum Gasteiger partial charge on any atom is 0.409 e. The molecule has 0 unspecified atom stereocenters. The van der Waals surface area contributed by atoms with E-state index in [1.807, 2.05) is 6.92 Å². The minimum absolute atomic E-state index is 0.226. The van der Waals surface area contributed by atoms with Crippen molar-refractivity contribution in [3.63, 3.8) is 0 Å². The first-order valence-corrected chi connectivity index (χ1v) is 11.4. The van der Waals surface area contributed by atoms with E-state index in [0.717, 1.165) is 37.5 Å². The Morgan fingerprint density at radius 3 is 2.25 bits per heavy atom. The van der Waals surface area contributed by atoms with Crippen LogP contribution in [0.1, 0.15) is 51.9 Å². The number of amides is 1. The summed E-state index contributed by atoms with van der Waals surface area (Å²) < 4.78 is 11.0. The monoisotopic (exact) mass is 394 g/mol. The predicted molar refractivity (Wildman–Crippen MR) is 107 cm³/mol. The van der Waals surface area contributed by atoms with E-state index in [4.69, 9.17) is 9.47 Å². The van der Waals surface area contributed by atoms with E-state index in [1.165, 1.54) is 44.9 Å². The number of rotatable bonds is 8. The Morgan fingerprint density at radius 2 is 1.68 bits per heavy atom. The molecule has 1 aliphatic heterocycles. The predicted octanol–water partition coefficient (Wildman–Crippen LogP) is 2.74. The molecule has 0 aromatic carbocycles. The van der Waals surface area contributed by atoms with Crippen molar-refractivity contribution in [2.24, 2.45) is 23.2 Å². The maximum atomic E-state index is 11.7. The van der Waals surface area contributed by atoms with E-state index in [0.29, 0.717) is 38.3 Å². The van der Waals surface area contributed by atoms with Gasteiger partial charge in [0, 0.05) is 39.3 Å². The fourth-order valence-corrected chi connectivity index (χ4v) is 6.78. The summed E-state index contributed by atoms with van der Waals surface area (Å²) in [5.41, 5.74) is 0.559. The SMILES string of the molecule is CCOC(=O)N1CCN(C[C@H](O)COCCC23CC4CC(CC(C4)C2)C3)CC1. The van der Waals surface area contributed by atoms with E-state index in [2.05, 4.69) is 4.90 Å². The van der Waals surface area contributed by atoms with Crippen molar-refractivity contribution in [1.29, 1.82) is 0 Å². The van der Waals surface area contributed by atoms with Crippen molar-refractivity contribution in [2.75, 3.05) is 52.5 Å². The van der Waals surface area contributed by atoms with Crippen molar-refractivity contribution < 1.29 is 19.4 Å². The third-order valence-electron chi connectivity index (χ3n) is 7.62. The molecule has 160 valence electrons. The standard InChI is InChI=1S/C22H38N2O4/c1-2-28-21(26)24-6-4-23(5-7-24)15-20(25)16-27-8-3-22-12-17-9-18(13-22)11-19(10-17)14-22/h17-20,25H,2-16H2,1H3/t17?,18?,19?,20-,22?/m0/s1. The highest BCUT2D eigenvalue weighted by Gasteiger charge is 2.50. The zero-order valence-corrected chi connectivity index (χ0v) is 17.5. The Labute approximate surface area is 169 Å². The Kier molecular flexibility index (Phi) is 6.48. The third-order valence-corrected chi connectivity index (χ3v) is 7.62. The molecule has 4 saturated carbocycles. The van der Waals surface area contributed by atoms with Crippen LogP contribution in [0.5, 0.6) is 0 Å². The van der Waals surface area contributed by atoms with Gasteiger partial charge < -0.3 is 19.5 Å². The molecule has 5 aliphatic rings. The lowest BCUT2D eigenvalue weighted by atomic mass is 9.49. The summed E-state index contributed by atoms with van der Waals surface area (Å²) in [6.07, 6.45) is 9.25. The molecular weight excluding hydrogens is 356 g/mol. The lowest BCUT2D eigenvalue weighted by Crippen LogP contribution is -2.51. The van der Waals surface area contributed by atoms with Crippen LogP contribution in [0, 0.1) is 23.2 Å². The second-order valence-corrected chi connectivity index (χ2v) is 9.88. The number of nitrogens with zero attached hydrogens (tertiary/aromatic N) is 2. The number of β-amino-alcohol motifs (C(OH)–C–C–N with tert-alkyl or cyclic N) is 1. The van der Waals surface area contributed by atoms with Gasteiger partial charge in [0.15, 0.2) is 0 Å². The van der Waals surface area contributed by atoms with Crippen LogP contribution in [0.25, 0.3) is 0 Å². The van der Waals surface area contributed by atoms with Gasteiger partial charge in [-0.15, -0.1) is 0 Å². The van der Waals surface area contributed by atoms with Crippen molar-refractivity contribution in [1.82, 2.24) is 9.80 Å². The van der Waals surface area contributed by atoms with E-state index in [1.54, 1.807) is 4.90 Å². The molecular formula is C22H38N2O4. The van der Waals surface area contributed by atoms with Gasteiger partial charge in [0.1, 0.15) is 0 Å². The molecule has 5 fully saturated rings. The molecule has 0 radical (unpaired) electrons. The molecule has 5 rings (SSSR count). The average molecular weight is 395 g/mol. The number of hydrogen-bond donors (Lipinski definition) is 1. The van der Waals surface area contributed by atoms with Crippen LogP contribution in [0.3, 0.4) is 0 Å². The summed E-state index contributed by atoms with van der Waals surface area (Å²) in [6.45, 7) is 6.97. The molecule has 6 heteroatoms. The maximum absolute atomic E-state index is 11.7. The minimum Gasteiger partial charge on any atom is -0.450 e. The Bertz CT molecular complexity index is 497. The highest BCUT2D eigenvalue weighted by Crippen LogP contribution is 2.61. The van der Waals surface area contributed by atoms with Crippen LogP contribution in [-0.2, 0) is 9.47 Å². The van der Waals surface area contributed by atoms with Gasteiger partial charge in [0.05, 0.1) is 19.3 Å². The van der Waals surface area contributed by atoms with Crippen LogP contribution in [-0.4, -0.2) is 79.6 Å². The number of aliphatic hydroxyl groups excluding tert-OH is 1. The zero-order valence-electron chi connectivity index (χ0n) is 17.5. The molecule has 1 N–H and O–H groups in total. The lowest BCUT2D eigenvalue weighted by molar-refractivity contribution is -0.0744. The normalized spacial score (nSPS) is 35.9. The quantitative estimate of drug-likeness (QED) is 0.642. The van der Waals surface area contributed by atoms with Gasteiger partial charge in [-0.05, 0) is 75.0 Å². The summed E-state index contributed by atoms with van der Waals surface area (Å²) >= 11 is 0. The molecule has 4 bridgehead atoms. The van der Waals surface area contributed by atoms with Gasteiger partial charge in [0.2, 0.25) is 0 Å². The molecule has 6 nitrogen and oxygen atoms in total. The first-order valence-electron chi connectivity index (χ1n) is 11.4. The molecule has 28 heavy (non-hydrogen) atoms. The average Bonchev–Trinajstić information content (AvgIpc) is 2.65. The van der Waals surface area contributed by atoms with Gasteiger partial charge in [-0.2, -0.15) is 0 Å². The Hall–Kier alpha value is -0.850. The summed E-state index contributed by atoms with van der Waals surface area (Å²) in [6, 6.07) is 0. The highest BCUT2D eigenvalue weighted by atomic mass is 16.6. The summed E-state index contributed by atoms with van der Waals surface area (Å²) in [5.74, 6) is 2.97. The fourth-order valence-electron chi connectivity index (χ4n) is 6.78. The number of carbonyl (C=O) groups is 1. The molecule has 0 spiro atoms. The van der Waals surface area contributed by atoms with E-state index < -0.39 is 6.10 Å². The first kappa shape index (κ1) is 20.4. The molecule has 0 aromatic rings. The molecule has 4 aliphatic carbocycles. The molecule has 1 amide bonds. The highest BCUT2D eigenvalue weighted by molar-refractivity contribution is 5.67. The number of piperazine rings is 1. The largest absolute Gasteiger partial charge is 0.450 e. The van der Waals surface area contributed by atoms with Crippen LogP contribution in [0.4, 0.5) is 4.79 Å². The molecule has 0 aromatic heterocycles. The molecule has 1 heterocycles. The summed E-state index contributed by atoms with van der Waals surface area (Å²) in [5, 5.41) is 10.3. The van der Waals surface area contributed by atoms with Gasteiger partial charge in [-0.25, -0.2) is 4.79 Å². The van der Waals surface area contributed by atoms with Gasteiger partial charge in [0.25, 0.3) is 0 Å². The topological polar surface area (TPSA) is 62.2 Å².